The quantitative estimate of drug-likeness (QED) is 0.624. The molecule has 3 aromatic rings. The maximum Gasteiger partial charge on any atom is 0.318 e. The van der Waals surface area contributed by atoms with Crippen LogP contribution in [-0.2, 0) is 16.8 Å². The number of aromatic nitrogens is 1. The maximum absolute atomic E-state index is 14.4. The molecule has 6 heteroatoms. The minimum atomic E-state index is -1.17. The third-order valence-corrected chi connectivity index (χ3v) is 6.81. The summed E-state index contributed by atoms with van der Waals surface area (Å²) in [5.41, 5.74) is 3.61. The summed E-state index contributed by atoms with van der Waals surface area (Å²) < 4.78 is 0. The molecule has 6 nitrogen and oxygen atoms in total. The van der Waals surface area contributed by atoms with Crippen LogP contribution in [0.1, 0.15) is 49.9 Å². The SMILES string of the molecule is CCCCN1C(=O)[C@]2(c3ccccc31)c1[nH]c3ccccc3c1CCN2C(=O)NCCC. The van der Waals surface area contributed by atoms with Crippen LogP contribution in [0.2, 0.25) is 0 Å². The van der Waals surface area contributed by atoms with Gasteiger partial charge >= 0.3 is 6.03 Å². The summed E-state index contributed by atoms with van der Waals surface area (Å²) in [6, 6.07) is 16.0. The van der Waals surface area contributed by atoms with Gasteiger partial charge in [0, 0.05) is 36.1 Å². The van der Waals surface area contributed by atoms with Gasteiger partial charge in [-0.05, 0) is 37.0 Å². The molecule has 2 N–H and O–H groups in total. The van der Waals surface area contributed by atoms with E-state index < -0.39 is 5.54 Å². The van der Waals surface area contributed by atoms with Crippen LogP contribution < -0.4 is 10.2 Å². The monoisotopic (exact) mass is 430 g/mol. The van der Waals surface area contributed by atoms with E-state index >= 15 is 0 Å². The molecule has 0 radical (unpaired) electrons. The highest BCUT2D eigenvalue weighted by molar-refractivity contribution is 6.12. The topological polar surface area (TPSA) is 68.4 Å². The number of aromatic amines is 1. The van der Waals surface area contributed by atoms with E-state index in [1.165, 1.54) is 0 Å². The van der Waals surface area contributed by atoms with E-state index in [9.17, 15) is 9.59 Å². The lowest BCUT2D eigenvalue weighted by Crippen LogP contribution is -2.61. The van der Waals surface area contributed by atoms with E-state index in [1.807, 2.05) is 54.3 Å². The van der Waals surface area contributed by atoms with E-state index in [1.54, 1.807) is 4.90 Å². The zero-order valence-corrected chi connectivity index (χ0v) is 18.8. The summed E-state index contributed by atoms with van der Waals surface area (Å²) in [7, 11) is 0. The normalized spacial score (nSPS) is 19.5. The number of anilines is 1. The number of para-hydroxylation sites is 2. The van der Waals surface area contributed by atoms with Crippen molar-refractivity contribution in [3.63, 3.8) is 0 Å². The Balaban J connectivity index is 1.77. The molecule has 0 aliphatic carbocycles. The molecule has 1 spiro atoms. The summed E-state index contributed by atoms with van der Waals surface area (Å²) in [5, 5.41) is 4.16. The number of H-pyrrole nitrogens is 1. The molecule has 2 aliphatic rings. The summed E-state index contributed by atoms with van der Waals surface area (Å²) in [5.74, 6) is -0.0358. The van der Waals surface area contributed by atoms with Crippen molar-refractivity contribution in [3.8, 4) is 0 Å². The molecule has 5 rings (SSSR count). The fourth-order valence-electron chi connectivity index (χ4n) is 5.35. The lowest BCUT2D eigenvalue weighted by Gasteiger charge is -2.43. The second-order valence-corrected chi connectivity index (χ2v) is 8.70. The molecule has 166 valence electrons. The molecule has 1 aromatic heterocycles. The van der Waals surface area contributed by atoms with Crippen molar-refractivity contribution in [1.82, 2.24) is 15.2 Å². The van der Waals surface area contributed by atoms with Crippen LogP contribution in [0.5, 0.6) is 0 Å². The van der Waals surface area contributed by atoms with Crippen molar-refractivity contribution in [2.24, 2.45) is 0 Å². The third-order valence-electron chi connectivity index (χ3n) is 6.81. The predicted octanol–water partition coefficient (Wildman–Crippen LogP) is 4.54. The van der Waals surface area contributed by atoms with E-state index in [-0.39, 0.29) is 11.9 Å². The number of nitrogens with one attached hydrogen (secondary N) is 2. The predicted molar refractivity (Wildman–Crippen MR) is 127 cm³/mol. The van der Waals surface area contributed by atoms with Crippen molar-refractivity contribution in [2.75, 3.05) is 24.5 Å². The second-order valence-electron chi connectivity index (χ2n) is 8.70. The average Bonchev–Trinajstić information content (AvgIpc) is 3.31. The molecule has 0 saturated carbocycles. The van der Waals surface area contributed by atoms with Crippen molar-refractivity contribution in [1.29, 1.82) is 0 Å². The number of nitrogens with zero attached hydrogens (tertiary/aromatic N) is 2. The molecule has 3 amide bonds. The van der Waals surface area contributed by atoms with Crippen LogP contribution in [0.3, 0.4) is 0 Å². The number of urea groups is 1. The highest BCUT2D eigenvalue weighted by Crippen LogP contribution is 2.52. The number of carbonyl (C=O) groups is 2. The summed E-state index contributed by atoms with van der Waals surface area (Å²) in [4.78, 5) is 35.0. The Morgan fingerprint density at radius 3 is 2.69 bits per heavy atom. The Kier molecular flexibility index (Phi) is 5.16. The van der Waals surface area contributed by atoms with Gasteiger partial charge < -0.3 is 20.1 Å². The standard InChI is InChI=1S/C26H30N4O2/c1-3-5-16-29-22-13-9-7-11-20(22)26(24(29)31)23-19(18-10-6-8-12-21(18)28-23)14-17-30(26)25(32)27-15-4-2/h6-13,28H,3-5,14-17H2,1-2H3,(H,27,32)/t26-/m0/s1. The molecule has 1 atom stereocenters. The minimum Gasteiger partial charge on any atom is -0.355 e. The molecule has 0 unspecified atom stereocenters. The first-order chi connectivity index (χ1) is 15.6. The van der Waals surface area contributed by atoms with Crippen molar-refractivity contribution < 1.29 is 9.59 Å². The summed E-state index contributed by atoms with van der Waals surface area (Å²) in [6.07, 6.45) is 3.47. The highest BCUT2D eigenvalue weighted by Gasteiger charge is 2.60. The van der Waals surface area contributed by atoms with Gasteiger partial charge in [0.25, 0.3) is 5.91 Å². The number of benzene rings is 2. The number of rotatable bonds is 5. The molecular formula is C26H30N4O2. The molecule has 0 saturated heterocycles. The van der Waals surface area contributed by atoms with Gasteiger partial charge in [0.1, 0.15) is 0 Å². The number of unbranched alkanes of at least 4 members (excludes halogenated alkanes) is 1. The van der Waals surface area contributed by atoms with Gasteiger partial charge in [-0.2, -0.15) is 0 Å². The van der Waals surface area contributed by atoms with Crippen LogP contribution in [-0.4, -0.2) is 41.5 Å². The summed E-state index contributed by atoms with van der Waals surface area (Å²) in [6.45, 7) is 5.88. The highest BCUT2D eigenvalue weighted by atomic mass is 16.2. The fourth-order valence-corrected chi connectivity index (χ4v) is 5.35. The smallest absolute Gasteiger partial charge is 0.318 e. The largest absolute Gasteiger partial charge is 0.355 e. The number of hydrogen-bond acceptors (Lipinski definition) is 2. The lowest BCUT2D eigenvalue weighted by atomic mass is 9.80. The molecule has 0 fully saturated rings. The van der Waals surface area contributed by atoms with Gasteiger partial charge in [0.2, 0.25) is 0 Å². The van der Waals surface area contributed by atoms with Crippen molar-refractivity contribution in [2.45, 2.75) is 45.1 Å². The Hall–Kier alpha value is -3.28. The summed E-state index contributed by atoms with van der Waals surface area (Å²) >= 11 is 0. The van der Waals surface area contributed by atoms with Crippen LogP contribution in [0.15, 0.2) is 48.5 Å². The zero-order valence-electron chi connectivity index (χ0n) is 18.8. The number of amides is 3. The minimum absolute atomic E-state index is 0.0358. The van der Waals surface area contributed by atoms with E-state index in [2.05, 4.69) is 23.3 Å². The van der Waals surface area contributed by atoms with Gasteiger partial charge in [0.15, 0.2) is 5.54 Å². The van der Waals surface area contributed by atoms with Gasteiger partial charge in [-0.3, -0.25) is 4.79 Å². The zero-order chi connectivity index (χ0) is 22.3. The van der Waals surface area contributed by atoms with Gasteiger partial charge in [-0.1, -0.05) is 56.7 Å². The Bertz CT molecular complexity index is 1180. The molecule has 2 aromatic carbocycles. The fraction of sp³-hybridized carbons (Fsp3) is 0.385. The van der Waals surface area contributed by atoms with Crippen LogP contribution in [0, 0.1) is 0 Å². The first-order valence-corrected chi connectivity index (χ1v) is 11.7. The molecule has 32 heavy (non-hydrogen) atoms. The Labute approximate surface area is 188 Å². The van der Waals surface area contributed by atoms with Crippen molar-refractivity contribution >= 4 is 28.5 Å². The van der Waals surface area contributed by atoms with E-state index in [4.69, 9.17) is 0 Å². The molecule has 2 aliphatic heterocycles. The van der Waals surface area contributed by atoms with Gasteiger partial charge in [-0.15, -0.1) is 0 Å². The maximum atomic E-state index is 14.4. The number of carbonyl (C=O) groups excluding carboxylic acids is 2. The van der Waals surface area contributed by atoms with E-state index in [0.717, 1.165) is 52.7 Å². The molecular weight excluding hydrogens is 400 g/mol. The van der Waals surface area contributed by atoms with Crippen LogP contribution >= 0.6 is 0 Å². The van der Waals surface area contributed by atoms with E-state index in [0.29, 0.717) is 26.1 Å². The first-order valence-electron chi connectivity index (χ1n) is 11.7. The van der Waals surface area contributed by atoms with Crippen LogP contribution in [0.25, 0.3) is 10.9 Å². The van der Waals surface area contributed by atoms with Crippen LogP contribution in [0.4, 0.5) is 10.5 Å². The number of hydrogen-bond donors (Lipinski definition) is 2. The lowest BCUT2D eigenvalue weighted by molar-refractivity contribution is -0.126. The molecule has 0 bridgehead atoms. The molecule has 3 heterocycles. The van der Waals surface area contributed by atoms with Crippen molar-refractivity contribution in [3.05, 3.63) is 65.4 Å². The first kappa shape index (κ1) is 20.6. The van der Waals surface area contributed by atoms with Gasteiger partial charge in [0.05, 0.1) is 11.4 Å². The Morgan fingerprint density at radius 1 is 1.09 bits per heavy atom. The van der Waals surface area contributed by atoms with Gasteiger partial charge in [-0.25, -0.2) is 4.79 Å². The second kappa shape index (κ2) is 8.01. The average molecular weight is 431 g/mol. The third kappa shape index (κ3) is 2.78. The number of fused-ring (bicyclic) bond motifs is 6. The Morgan fingerprint density at radius 2 is 1.88 bits per heavy atom.